The van der Waals surface area contributed by atoms with Gasteiger partial charge in [-0.15, -0.1) is 0 Å². The summed E-state index contributed by atoms with van der Waals surface area (Å²) in [4.78, 5) is 2.33. The largest absolute Gasteiger partial charge is 0.299 e. The highest BCUT2D eigenvalue weighted by atomic mass is 32.2. The normalized spacial score (nSPS) is 20.3. The van der Waals surface area contributed by atoms with Crippen molar-refractivity contribution in [1.29, 1.82) is 5.26 Å². The third-order valence-corrected chi connectivity index (χ3v) is 7.57. The molecule has 1 aliphatic rings. The quantitative estimate of drug-likeness (QED) is 0.786. The molecule has 154 valence electrons. The summed E-state index contributed by atoms with van der Waals surface area (Å²) in [7, 11) is -3.33. The first-order valence-corrected chi connectivity index (χ1v) is 11.6. The third-order valence-electron chi connectivity index (χ3n) is 5.70. The summed E-state index contributed by atoms with van der Waals surface area (Å²) >= 11 is 0. The Morgan fingerprint density at radius 3 is 2.00 bits per heavy atom. The summed E-state index contributed by atoms with van der Waals surface area (Å²) in [5.74, 6) is 0.112. The van der Waals surface area contributed by atoms with Gasteiger partial charge in [0.15, 0.2) is 0 Å². The zero-order valence-corrected chi connectivity index (χ0v) is 18.3. The molecule has 0 spiro atoms. The van der Waals surface area contributed by atoms with Crippen LogP contribution in [0.4, 0.5) is 0 Å². The summed E-state index contributed by atoms with van der Waals surface area (Å²) in [6, 6.07) is 18.2. The topological polar surface area (TPSA) is 73.2 Å². The number of nitrogens with one attached hydrogen (secondary N) is 1. The second kappa shape index (κ2) is 8.66. The Balaban J connectivity index is 1.84. The van der Waals surface area contributed by atoms with Gasteiger partial charge in [0.2, 0.25) is 10.0 Å². The van der Waals surface area contributed by atoms with Crippen LogP contribution in [0.25, 0.3) is 11.1 Å². The minimum Gasteiger partial charge on any atom is -0.299 e. The SMILES string of the molecule is CC(C)N1C[C@H](NS(=O)(=O)C(C)C)[C@@H](c2ccc(-c3ccc(C#N)cc3)cc2)C1. The Kier molecular flexibility index (Phi) is 6.42. The zero-order valence-electron chi connectivity index (χ0n) is 17.5. The van der Waals surface area contributed by atoms with Gasteiger partial charge in [0.25, 0.3) is 0 Å². The average Bonchev–Trinajstić information content (AvgIpc) is 3.11. The standard InChI is InChI=1S/C23H29N3O2S/c1-16(2)26-14-22(23(15-26)25-29(27,28)17(3)4)21-11-9-20(10-12-21)19-7-5-18(13-24)6-8-19/h5-12,16-17,22-23,25H,14-15H2,1-4H3/t22-,23+/m1/s1. The first kappa shape index (κ1) is 21.5. The fraction of sp³-hybridized carbons (Fsp3) is 0.435. The van der Waals surface area contributed by atoms with Gasteiger partial charge in [-0.05, 0) is 56.5 Å². The molecule has 0 bridgehead atoms. The number of benzene rings is 2. The smallest absolute Gasteiger partial charge is 0.214 e. The summed E-state index contributed by atoms with van der Waals surface area (Å²) in [5, 5.41) is 8.50. The Morgan fingerprint density at radius 2 is 1.52 bits per heavy atom. The van der Waals surface area contributed by atoms with Gasteiger partial charge >= 0.3 is 0 Å². The van der Waals surface area contributed by atoms with Crippen LogP contribution in [-0.4, -0.2) is 43.7 Å². The molecule has 2 atom stereocenters. The average molecular weight is 412 g/mol. The van der Waals surface area contributed by atoms with Crippen molar-refractivity contribution >= 4 is 10.0 Å². The maximum atomic E-state index is 12.5. The van der Waals surface area contributed by atoms with E-state index in [0.717, 1.165) is 23.2 Å². The molecule has 29 heavy (non-hydrogen) atoms. The molecule has 0 radical (unpaired) electrons. The van der Waals surface area contributed by atoms with Crippen molar-refractivity contribution in [3.63, 3.8) is 0 Å². The minimum atomic E-state index is -3.33. The lowest BCUT2D eigenvalue weighted by Gasteiger charge is -2.22. The van der Waals surface area contributed by atoms with Gasteiger partial charge in [0, 0.05) is 31.1 Å². The molecule has 1 fully saturated rings. The molecule has 5 nitrogen and oxygen atoms in total. The summed E-state index contributed by atoms with van der Waals surface area (Å²) < 4.78 is 27.9. The summed E-state index contributed by atoms with van der Waals surface area (Å²) in [5.41, 5.74) is 3.92. The molecule has 1 saturated heterocycles. The number of hydrogen-bond acceptors (Lipinski definition) is 4. The number of hydrogen-bond donors (Lipinski definition) is 1. The van der Waals surface area contributed by atoms with Gasteiger partial charge in [-0.2, -0.15) is 5.26 Å². The number of likely N-dealkylation sites (tertiary alicyclic amines) is 1. The van der Waals surface area contributed by atoms with Crippen molar-refractivity contribution in [2.24, 2.45) is 0 Å². The lowest BCUT2D eigenvalue weighted by molar-refractivity contribution is 0.269. The Bertz CT molecular complexity index is 974. The van der Waals surface area contributed by atoms with Crippen molar-refractivity contribution in [2.75, 3.05) is 13.1 Å². The molecule has 2 aromatic rings. The first-order valence-electron chi connectivity index (χ1n) is 10.1. The molecule has 0 saturated carbocycles. The van der Waals surface area contributed by atoms with E-state index >= 15 is 0 Å². The van der Waals surface area contributed by atoms with Crippen molar-refractivity contribution in [3.8, 4) is 17.2 Å². The molecule has 0 aromatic heterocycles. The predicted octanol–water partition coefficient (Wildman–Crippen LogP) is 3.73. The van der Waals surface area contributed by atoms with E-state index in [2.05, 4.69) is 53.8 Å². The van der Waals surface area contributed by atoms with E-state index in [9.17, 15) is 8.42 Å². The maximum Gasteiger partial charge on any atom is 0.214 e. The van der Waals surface area contributed by atoms with Gasteiger partial charge in [0.1, 0.15) is 0 Å². The second-order valence-electron chi connectivity index (χ2n) is 8.28. The molecule has 6 heteroatoms. The van der Waals surface area contributed by atoms with Crippen molar-refractivity contribution in [1.82, 2.24) is 9.62 Å². The summed E-state index contributed by atoms with van der Waals surface area (Å²) in [6.07, 6.45) is 0. The van der Waals surface area contributed by atoms with E-state index in [1.54, 1.807) is 13.8 Å². The lowest BCUT2D eigenvalue weighted by atomic mass is 9.93. The molecule has 3 rings (SSSR count). The molecule has 0 aliphatic carbocycles. The van der Waals surface area contributed by atoms with Gasteiger partial charge in [-0.1, -0.05) is 36.4 Å². The Labute approximate surface area is 174 Å². The van der Waals surface area contributed by atoms with Crippen molar-refractivity contribution in [3.05, 3.63) is 59.7 Å². The van der Waals surface area contributed by atoms with Crippen molar-refractivity contribution < 1.29 is 8.42 Å². The Hall–Kier alpha value is -2.20. The number of rotatable bonds is 6. The first-order chi connectivity index (χ1) is 13.7. The monoisotopic (exact) mass is 411 g/mol. The van der Waals surface area contributed by atoms with E-state index < -0.39 is 15.3 Å². The van der Waals surface area contributed by atoms with Crippen LogP contribution in [0.15, 0.2) is 48.5 Å². The molecule has 1 heterocycles. The molecule has 1 aliphatic heterocycles. The molecule has 0 unspecified atom stereocenters. The van der Waals surface area contributed by atoms with Crippen LogP contribution in [0.1, 0.15) is 44.7 Å². The number of sulfonamides is 1. The van der Waals surface area contributed by atoms with Gasteiger partial charge < -0.3 is 0 Å². The molecule has 1 N–H and O–H groups in total. The highest BCUT2D eigenvalue weighted by Crippen LogP contribution is 2.31. The third kappa shape index (κ3) is 4.87. The maximum absolute atomic E-state index is 12.5. The van der Waals surface area contributed by atoms with Gasteiger partial charge in [-0.25, -0.2) is 13.1 Å². The number of nitrogens with zero attached hydrogens (tertiary/aromatic N) is 2. The van der Waals surface area contributed by atoms with Crippen LogP contribution >= 0.6 is 0 Å². The van der Waals surface area contributed by atoms with E-state index in [4.69, 9.17) is 5.26 Å². The fourth-order valence-electron chi connectivity index (χ4n) is 3.72. The van der Waals surface area contributed by atoms with Crippen LogP contribution in [0.5, 0.6) is 0 Å². The zero-order chi connectivity index (χ0) is 21.2. The van der Waals surface area contributed by atoms with Crippen LogP contribution in [-0.2, 0) is 10.0 Å². The van der Waals surface area contributed by atoms with E-state index in [0.29, 0.717) is 18.2 Å². The van der Waals surface area contributed by atoms with Crippen molar-refractivity contribution in [2.45, 2.75) is 50.9 Å². The van der Waals surface area contributed by atoms with Gasteiger partial charge in [0.05, 0.1) is 16.9 Å². The summed E-state index contributed by atoms with van der Waals surface area (Å²) in [6.45, 7) is 9.25. The van der Waals surface area contributed by atoms with E-state index in [1.807, 2.05) is 24.3 Å². The predicted molar refractivity (Wildman–Crippen MR) is 117 cm³/mol. The molecular formula is C23H29N3O2S. The molecule has 0 amide bonds. The van der Waals surface area contributed by atoms with Crippen LogP contribution < -0.4 is 4.72 Å². The van der Waals surface area contributed by atoms with Gasteiger partial charge in [-0.3, -0.25) is 4.90 Å². The second-order valence-corrected chi connectivity index (χ2v) is 10.6. The highest BCUT2D eigenvalue weighted by Gasteiger charge is 2.37. The number of nitriles is 1. The van der Waals surface area contributed by atoms with Crippen LogP contribution in [0.2, 0.25) is 0 Å². The fourth-order valence-corrected chi connectivity index (χ4v) is 4.65. The Morgan fingerprint density at radius 1 is 0.966 bits per heavy atom. The van der Waals surface area contributed by atoms with Crippen LogP contribution in [0, 0.1) is 11.3 Å². The molecular weight excluding hydrogens is 382 g/mol. The van der Waals surface area contributed by atoms with E-state index in [-0.39, 0.29) is 12.0 Å². The highest BCUT2D eigenvalue weighted by molar-refractivity contribution is 7.90. The molecule has 2 aromatic carbocycles. The van der Waals surface area contributed by atoms with E-state index in [1.165, 1.54) is 0 Å². The van der Waals surface area contributed by atoms with Crippen LogP contribution in [0.3, 0.4) is 0 Å². The minimum absolute atomic E-state index is 0.112. The lowest BCUT2D eigenvalue weighted by Crippen LogP contribution is -2.43.